The monoisotopic (exact) mass is 162 g/mol. The van der Waals surface area contributed by atoms with Gasteiger partial charge in [0.2, 0.25) is 0 Å². The van der Waals surface area contributed by atoms with Gasteiger partial charge < -0.3 is 0 Å². The van der Waals surface area contributed by atoms with Crippen LogP contribution < -0.4 is 0 Å². The molecule has 2 saturated carbocycles. The van der Waals surface area contributed by atoms with Gasteiger partial charge in [0.1, 0.15) is 0 Å². The van der Waals surface area contributed by atoms with Crippen LogP contribution in [0.3, 0.4) is 0 Å². The SMILES string of the molecule is C#CC1CC2(C1)CC(C(C)C)C2. The maximum absolute atomic E-state index is 5.38. The van der Waals surface area contributed by atoms with Crippen molar-refractivity contribution in [3.63, 3.8) is 0 Å². The topological polar surface area (TPSA) is 0 Å². The van der Waals surface area contributed by atoms with Gasteiger partial charge in [-0.3, -0.25) is 0 Å². The highest BCUT2D eigenvalue weighted by molar-refractivity contribution is 5.11. The third kappa shape index (κ3) is 1.07. The van der Waals surface area contributed by atoms with Crippen LogP contribution >= 0.6 is 0 Å². The minimum atomic E-state index is 0.623. The molecule has 0 aromatic carbocycles. The second-order valence-electron chi connectivity index (χ2n) is 5.18. The molecule has 0 atom stereocenters. The molecule has 0 heteroatoms. The zero-order valence-corrected chi connectivity index (χ0v) is 8.14. The van der Waals surface area contributed by atoms with Gasteiger partial charge in [-0.1, -0.05) is 13.8 Å². The van der Waals surface area contributed by atoms with Crippen LogP contribution in [0, 0.1) is 35.5 Å². The summed E-state index contributed by atoms with van der Waals surface area (Å²) in [6, 6.07) is 0. The quantitative estimate of drug-likeness (QED) is 0.520. The van der Waals surface area contributed by atoms with E-state index in [-0.39, 0.29) is 0 Å². The van der Waals surface area contributed by atoms with Gasteiger partial charge in [0.25, 0.3) is 0 Å². The summed E-state index contributed by atoms with van der Waals surface area (Å²) in [4.78, 5) is 0. The number of terminal acetylenes is 1. The van der Waals surface area contributed by atoms with Crippen molar-refractivity contribution in [1.82, 2.24) is 0 Å². The molecule has 66 valence electrons. The highest BCUT2D eigenvalue weighted by Gasteiger charge is 2.52. The lowest BCUT2D eigenvalue weighted by Crippen LogP contribution is -2.48. The lowest BCUT2D eigenvalue weighted by molar-refractivity contribution is -0.0657. The maximum Gasteiger partial charge on any atom is 0.0210 e. The van der Waals surface area contributed by atoms with Crippen LogP contribution in [0.2, 0.25) is 0 Å². The molecule has 0 unspecified atom stereocenters. The van der Waals surface area contributed by atoms with E-state index in [0.717, 1.165) is 17.3 Å². The van der Waals surface area contributed by atoms with Gasteiger partial charge in [0, 0.05) is 5.92 Å². The molecule has 0 radical (unpaired) electrons. The molecule has 0 aromatic heterocycles. The molecule has 0 bridgehead atoms. The summed E-state index contributed by atoms with van der Waals surface area (Å²) in [6.45, 7) is 4.68. The molecule has 0 saturated heterocycles. The predicted molar refractivity (Wildman–Crippen MR) is 51.6 cm³/mol. The first-order chi connectivity index (χ1) is 5.65. The van der Waals surface area contributed by atoms with E-state index in [1.54, 1.807) is 0 Å². The van der Waals surface area contributed by atoms with E-state index in [2.05, 4.69) is 19.8 Å². The van der Waals surface area contributed by atoms with Crippen LogP contribution in [0.5, 0.6) is 0 Å². The fourth-order valence-corrected chi connectivity index (χ4v) is 2.96. The van der Waals surface area contributed by atoms with Gasteiger partial charge in [-0.05, 0) is 42.9 Å². The summed E-state index contributed by atoms with van der Waals surface area (Å²) in [5.41, 5.74) is 0.728. The molecule has 0 N–H and O–H groups in total. The Morgan fingerprint density at radius 3 is 2.25 bits per heavy atom. The average Bonchev–Trinajstić information content (AvgIpc) is 1.81. The third-order valence-corrected chi connectivity index (χ3v) is 3.93. The Labute approximate surface area is 75.7 Å². The third-order valence-electron chi connectivity index (χ3n) is 3.93. The van der Waals surface area contributed by atoms with Crippen LogP contribution in [0.1, 0.15) is 39.5 Å². The Balaban J connectivity index is 1.80. The Hall–Kier alpha value is -0.440. The second-order valence-corrected chi connectivity index (χ2v) is 5.18. The van der Waals surface area contributed by atoms with Crippen molar-refractivity contribution in [1.29, 1.82) is 0 Å². The molecular formula is C12H18. The smallest absolute Gasteiger partial charge is 0.0210 e. The zero-order chi connectivity index (χ0) is 8.77. The molecule has 0 aliphatic heterocycles. The molecule has 12 heavy (non-hydrogen) atoms. The van der Waals surface area contributed by atoms with E-state index in [0.29, 0.717) is 5.92 Å². The van der Waals surface area contributed by atoms with E-state index in [1.807, 2.05) is 0 Å². The largest absolute Gasteiger partial charge is 0.120 e. The summed E-state index contributed by atoms with van der Waals surface area (Å²) in [7, 11) is 0. The zero-order valence-electron chi connectivity index (χ0n) is 8.14. The van der Waals surface area contributed by atoms with E-state index in [4.69, 9.17) is 6.42 Å². The number of hydrogen-bond acceptors (Lipinski definition) is 0. The predicted octanol–water partition coefficient (Wildman–Crippen LogP) is 3.08. The molecule has 0 amide bonds. The lowest BCUT2D eigenvalue weighted by Gasteiger charge is -2.58. The van der Waals surface area contributed by atoms with Crippen molar-refractivity contribution >= 4 is 0 Å². The van der Waals surface area contributed by atoms with Gasteiger partial charge in [0.15, 0.2) is 0 Å². The highest BCUT2D eigenvalue weighted by atomic mass is 14.6. The fourth-order valence-electron chi connectivity index (χ4n) is 2.96. The van der Waals surface area contributed by atoms with E-state index in [9.17, 15) is 0 Å². The Kier molecular flexibility index (Phi) is 1.72. The molecule has 0 aromatic rings. The van der Waals surface area contributed by atoms with E-state index >= 15 is 0 Å². The minimum Gasteiger partial charge on any atom is -0.120 e. The first-order valence-corrected chi connectivity index (χ1v) is 5.11. The molecule has 2 aliphatic carbocycles. The van der Waals surface area contributed by atoms with Gasteiger partial charge in [0.05, 0.1) is 0 Å². The molecular weight excluding hydrogens is 144 g/mol. The Bertz CT molecular complexity index is 205. The van der Waals surface area contributed by atoms with Crippen molar-refractivity contribution < 1.29 is 0 Å². The van der Waals surface area contributed by atoms with Crippen LogP contribution in [0.25, 0.3) is 0 Å². The first-order valence-electron chi connectivity index (χ1n) is 5.11. The normalized spacial score (nSPS) is 45.2. The molecule has 0 nitrogen and oxygen atoms in total. The Morgan fingerprint density at radius 2 is 1.83 bits per heavy atom. The number of hydrogen-bond donors (Lipinski definition) is 0. The summed E-state index contributed by atoms with van der Waals surface area (Å²) in [5.74, 6) is 5.38. The molecule has 0 heterocycles. The maximum atomic E-state index is 5.38. The summed E-state index contributed by atoms with van der Waals surface area (Å²) in [5, 5.41) is 0. The van der Waals surface area contributed by atoms with Crippen molar-refractivity contribution in [2.45, 2.75) is 39.5 Å². The average molecular weight is 162 g/mol. The van der Waals surface area contributed by atoms with E-state index < -0.39 is 0 Å². The van der Waals surface area contributed by atoms with Crippen LogP contribution in [-0.4, -0.2) is 0 Å². The van der Waals surface area contributed by atoms with Gasteiger partial charge in [-0.25, -0.2) is 0 Å². The Morgan fingerprint density at radius 1 is 1.25 bits per heavy atom. The van der Waals surface area contributed by atoms with Gasteiger partial charge >= 0.3 is 0 Å². The van der Waals surface area contributed by atoms with Crippen molar-refractivity contribution in [2.24, 2.45) is 23.2 Å². The summed E-state index contributed by atoms with van der Waals surface area (Å²) in [6.07, 6.45) is 11.0. The summed E-state index contributed by atoms with van der Waals surface area (Å²) >= 11 is 0. The summed E-state index contributed by atoms with van der Waals surface area (Å²) < 4.78 is 0. The lowest BCUT2D eigenvalue weighted by atomic mass is 9.47. The van der Waals surface area contributed by atoms with Gasteiger partial charge in [-0.15, -0.1) is 12.3 Å². The fraction of sp³-hybridized carbons (Fsp3) is 0.833. The highest BCUT2D eigenvalue weighted by Crippen LogP contribution is 2.62. The number of rotatable bonds is 1. The molecule has 1 spiro atoms. The minimum absolute atomic E-state index is 0.623. The standard InChI is InChI=1S/C12H18/c1-4-10-5-12(6-10)7-11(8-12)9(2)3/h1,9-11H,5-8H2,2-3H3. The van der Waals surface area contributed by atoms with Crippen molar-refractivity contribution in [3.8, 4) is 12.3 Å². The molecule has 2 fully saturated rings. The van der Waals surface area contributed by atoms with Crippen LogP contribution in [-0.2, 0) is 0 Å². The second kappa shape index (κ2) is 2.52. The van der Waals surface area contributed by atoms with Crippen LogP contribution in [0.4, 0.5) is 0 Å². The van der Waals surface area contributed by atoms with Crippen LogP contribution in [0.15, 0.2) is 0 Å². The van der Waals surface area contributed by atoms with Crippen molar-refractivity contribution in [2.75, 3.05) is 0 Å². The van der Waals surface area contributed by atoms with Gasteiger partial charge in [-0.2, -0.15) is 0 Å². The molecule has 2 aliphatic rings. The van der Waals surface area contributed by atoms with Crippen molar-refractivity contribution in [3.05, 3.63) is 0 Å². The van der Waals surface area contributed by atoms with E-state index in [1.165, 1.54) is 25.7 Å². The first kappa shape index (κ1) is 8.17. The molecule has 2 rings (SSSR count).